The lowest BCUT2D eigenvalue weighted by Gasteiger charge is -2.25. The molecule has 1 heterocycles. The maximum Gasteiger partial charge on any atom is 0.377 e. The zero-order chi connectivity index (χ0) is 22.1. The van der Waals surface area contributed by atoms with Crippen LogP contribution >= 0.6 is 0 Å². The number of amidine groups is 1. The minimum Gasteiger partial charge on any atom is -0.466 e. The number of ether oxygens (including phenoxy) is 3. The van der Waals surface area contributed by atoms with E-state index in [1.807, 2.05) is 6.07 Å². The van der Waals surface area contributed by atoms with Gasteiger partial charge in [0.25, 0.3) is 0 Å². The molecule has 162 valence electrons. The summed E-state index contributed by atoms with van der Waals surface area (Å²) in [7, 11) is 2.14. The number of hydrogen-bond acceptors (Lipinski definition) is 9. The van der Waals surface area contributed by atoms with Crippen molar-refractivity contribution in [3.63, 3.8) is 0 Å². The molecule has 1 saturated heterocycles. The summed E-state index contributed by atoms with van der Waals surface area (Å²) in [5.74, 6) is -3.95. The minimum atomic E-state index is -1.80. The summed E-state index contributed by atoms with van der Waals surface area (Å²) in [6.45, 7) is -0.234. The van der Waals surface area contributed by atoms with Crippen LogP contribution in [-0.4, -0.2) is 56.2 Å². The second kappa shape index (κ2) is 10.3. The molecule has 1 aromatic carbocycles. The lowest BCUT2D eigenvalue weighted by Crippen LogP contribution is -2.58. The number of carbonyl (C=O) groups excluding carboxylic acids is 3. The normalized spacial score (nSPS) is 21.6. The van der Waals surface area contributed by atoms with Gasteiger partial charge < -0.3 is 24.8 Å². The maximum absolute atomic E-state index is 13.9. The lowest BCUT2D eigenvalue weighted by molar-refractivity contribution is -0.149. The van der Waals surface area contributed by atoms with Gasteiger partial charge in [0, 0.05) is 13.0 Å². The molecule has 30 heavy (non-hydrogen) atoms. The number of alkyl halides is 1. The molecule has 1 aromatic rings. The summed E-state index contributed by atoms with van der Waals surface area (Å²) in [5, 5.41) is 6.20. The molecule has 0 saturated carbocycles. The SMILES string of the molecule is COC(=O)C=C(ON=C(N)[C@]1(C(=O)OCc2ccccc2)C[C@H](F)CN1)C(=O)OC. The van der Waals surface area contributed by atoms with Crippen LogP contribution in [-0.2, 0) is 40.0 Å². The Morgan fingerprint density at radius 2 is 1.97 bits per heavy atom. The Morgan fingerprint density at radius 1 is 1.27 bits per heavy atom. The van der Waals surface area contributed by atoms with Gasteiger partial charge in [0.1, 0.15) is 12.8 Å². The Hall–Kier alpha value is -3.47. The van der Waals surface area contributed by atoms with Crippen molar-refractivity contribution in [2.45, 2.75) is 24.7 Å². The quantitative estimate of drug-likeness (QED) is 0.115. The summed E-state index contributed by atoms with van der Waals surface area (Å²) < 4.78 is 28.1. The highest BCUT2D eigenvalue weighted by molar-refractivity contribution is 6.09. The summed E-state index contributed by atoms with van der Waals surface area (Å²) in [6, 6.07) is 8.86. The lowest BCUT2D eigenvalue weighted by atomic mass is 9.96. The van der Waals surface area contributed by atoms with E-state index in [9.17, 15) is 18.8 Å². The van der Waals surface area contributed by atoms with Crippen LogP contribution in [0.4, 0.5) is 4.39 Å². The first kappa shape index (κ1) is 22.8. The monoisotopic (exact) mass is 423 g/mol. The van der Waals surface area contributed by atoms with Crippen molar-refractivity contribution >= 4 is 23.7 Å². The van der Waals surface area contributed by atoms with Gasteiger partial charge in [-0.1, -0.05) is 35.5 Å². The van der Waals surface area contributed by atoms with Crippen LogP contribution in [0.1, 0.15) is 12.0 Å². The van der Waals surface area contributed by atoms with E-state index in [0.29, 0.717) is 6.08 Å². The van der Waals surface area contributed by atoms with Gasteiger partial charge in [0.2, 0.25) is 5.76 Å². The van der Waals surface area contributed by atoms with Crippen LogP contribution < -0.4 is 11.1 Å². The van der Waals surface area contributed by atoms with Crippen LogP contribution in [0.3, 0.4) is 0 Å². The summed E-state index contributed by atoms with van der Waals surface area (Å²) in [6.07, 6.45) is -1.06. The fraction of sp³-hybridized carbons (Fsp3) is 0.368. The van der Waals surface area contributed by atoms with Gasteiger partial charge in [0.05, 0.1) is 20.3 Å². The number of halogens is 1. The third-order valence-corrected chi connectivity index (χ3v) is 4.23. The number of nitrogens with zero attached hydrogens (tertiary/aromatic N) is 1. The van der Waals surface area contributed by atoms with Crippen molar-refractivity contribution in [1.29, 1.82) is 0 Å². The first-order chi connectivity index (χ1) is 14.3. The van der Waals surface area contributed by atoms with Crippen LogP contribution in [0.15, 0.2) is 47.3 Å². The first-order valence-corrected chi connectivity index (χ1v) is 8.81. The molecule has 10 nitrogen and oxygen atoms in total. The molecule has 0 radical (unpaired) electrons. The fourth-order valence-electron chi connectivity index (χ4n) is 2.63. The molecule has 0 aliphatic carbocycles. The van der Waals surface area contributed by atoms with Gasteiger partial charge in [-0.2, -0.15) is 0 Å². The minimum absolute atomic E-state index is 0.0656. The third-order valence-electron chi connectivity index (χ3n) is 4.23. The zero-order valence-corrected chi connectivity index (χ0v) is 16.4. The molecule has 11 heteroatoms. The predicted octanol–water partition coefficient (Wildman–Crippen LogP) is 0.319. The van der Waals surface area contributed by atoms with Gasteiger partial charge >= 0.3 is 17.9 Å². The summed E-state index contributed by atoms with van der Waals surface area (Å²) in [5.41, 5.74) is 4.81. The molecule has 1 aliphatic rings. The molecule has 0 aromatic heterocycles. The Morgan fingerprint density at radius 3 is 2.53 bits per heavy atom. The van der Waals surface area contributed by atoms with Crippen molar-refractivity contribution in [3.8, 4) is 0 Å². The van der Waals surface area contributed by atoms with E-state index in [4.69, 9.17) is 15.3 Å². The van der Waals surface area contributed by atoms with Crippen LogP contribution in [0.2, 0.25) is 0 Å². The maximum atomic E-state index is 13.9. The van der Waals surface area contributed by atoms with Gasteiger partial charge in [-0.05, 0) is 5.56 Å². The van der Waals surface area contributed by atoms with Crippen LogP contribution in [0.5, 0.6) is 0 Å². The number of benzene rings is 1. The number of carbonyl (C=O) groups is 3. The first-order valence-electron chi connectivity index (χ1n) is 8.81. The Balaban J connectivity index is 2.21. The second-order valence-electron chi connectivity index (χ2n) is 6.24. The highest BCUT2D eigenvalue weighted by Gasteiger charge is 2.51. The average Bonchev–Trinajstić information content (AvgIpc) is 3.17. The smallest absolute Gasteiger partial charge is 0.377 e. The molecule has 2 atom stereocenters. The molecular weight excluding hydrogens is 401 g/mol. The molecule has 0 unspecified atom stereocenters. The number of rotatable bonds is 8. The van der Waals surface area contributed by atoms with Gasteiger partial charge in [-0.3, -0.25) is 5.32 Å². The van der Waals surface area contributed by atoms with E-state index < -0.39 is 41.2 Å². The second-order valence-corrected chi connectivity index (χ2v) is 6.24. The number of nitrogens with one attached hydrogen (secondary N) is 1. The summed E-state index contributed by atoms with van der Waals surface area (Å²) in [4.78, 5) is 40.7. The van der Waals surface area contributed by atoms with Crippen molar-refractivity contribution < 1.29 is 37.8 Å². The predicted molar refractivity (Wildman–Crippen MR) is 101 cm³/mol. The molecule has 3 N–H and O–H groups in total. The summed E-state index contributed by atoms with van der Waals surface area (Å²) >= 11 is 0. The molecular formula is C19H22FN3O7. The van der Waals surface area contributed by atoms with Crippen molar-refractivity contribution in [1.82, 2.24) is 5.32 Å². The van der Waals surface area contributed by atoms with Crippen LogP contribution in [0, 0.1) is 0 Å². The van der Waals surface area contributed by atoms with E-state index in [0.717, 1.165) is 19.8 Å². The Labute approximate surface area is 171 Å². The van der Waals surface area contributed by atoms with Crippen molar-refractivity contribution in [3.05, 3.63) is 47.7 Å². The molecule has 0 bridgehead atoms. The highest BCUT2D eigenvalue weighted by Crippen LogP contribution is 2.25. The standard InChI is InChI=1S/C19H22FN3O7/c1-27-15(24)8-14(16(25)28-2)30-23-17(21)19(9-13(20)10-22-19)18(26)29-11-12-6-4-3-5-7-12/h3-8,13,22H,9-11H2,1-2H3,(H2,21,23)/t13-,19-/m0/s1. The van der Waals surface area contributed by atoms with E-state index >= 15 is 0 Å². The molecule has 0 spiro atoms. The van der Waals surface area contributed by atoms with Crippen molar-refractivity contribution in [2.24, 2.45) is 10.9 Å². The Bertz CT molecular complexity index is 844. The fourth-order valence-corrected chi connectivity index (χ4v) is 2.63. The number of methoxy groups -OCH3 is 2. The topological polar surface area (TPSA) is 139 Å². The number of esters is 3. The Kier molecular flexibility index (Phi) is 7.87. The average molecular weight is 423 g/mol. The van der Waals surface area contributed by atoms with Gasteiger partial charge in [0.15, 0.2) is 11.4 Å². The number of hydrogen-bond donors (Lipinski definition) is 2. The molecule has 1 fully saturated rings. The van der Waals surface area contributed by atoms with E-state index in [1.54, 1.807) is 24.3 Å². The molecule has 1 aliphatic heterocycles. The van der Waals surface area contributed by atoms with Gasteiger partial charge in [-0.25, -0.2) is 18.8 Å². The zero-order valence-electron chi connectivity index (χ0n) is 16.4. The van der Waals surface area contributed by atoms with Crippen LogP contribution in [0.25, 0.3) is 0 Å². The van der Waals surface area contributed by atoms with Crippen molar-refractivity contribution in [2.75, 3.05) is 20.8 Å². The number of oxime groups is 1. The number of nitrogens with two attached hydrogens (primary N) is 1. The van der Waals surface area contributed by atoms with E-state index in [-0.39, 0.29) is 19.6 Å². The molecule has 2 rings (SSSR count). The third kappa shape index (κ3) is 5.54. The van der Waals surface area contributed by atoms with Gasteiger partial charge in [-0.15, -0.1) is 0 Å². The molecule has 0 amide bonds. The van der Waals surface area contributed by atoms with E-state index in [1.165, 1.54) is 0 Å². The highest BCUT2D eigenvalue weighted by atomic mass is 19.1. The van der Waals surface area contributed by atoms with E-state index in [2.05, 4.69) is 19.9 Å². The largest absolute Gasteiger partial charge is 0.466 e.